The quantitative estimate of drug-likeness (QED) is 0.682. The van der Waals surface area contributed by atoms with Crippen LogP contribution in [-0.2, 0) is 6.54 Å². The molecular formula is C13H9ClF2N2O2. The molecule has 2 rings (SSSR count). The van der Waals surface area contributed by atoms with E-state index in [1.54, 1.807) is 24.3 Å². The second-order valence-corrected chi connectivity index (χ2v) is 4.39. The molecule has 0 amide bonds. The van der Waals surface area contributed by atoms with E-state index in [0.29, 0.717) is 16.8 Å². The van der Waals surface area contributed by atoms with Gasteiger partial charge in [-0.2, -0.15) is 4.39 Å². The van der Waals surface area contributed by atoms with Crippen molar-refractivity contribution in [2.45, 2.75) is 6.54 Å². The lowest BCUT2D eigenvalue weighted by Crippen LogP contribution is -2.04. The van der Waals surface area contributed by atoms with Crippen LogP contribution in [0.5, 0.6) is 0 Å². The molecule has 0 fully saturated rings. The SMILES string of the molecule is O=[N+]([O-])c1cc(CNc2ccccc2Cl)c(F)cc1F. The van der Waals surface area contributed by atoms with Crippen molar-refractivity contribution in [3.63, 3.8) is 0 Å². The van der Waals surface area contributed by atoms with Crippen molar-refractivity contribution in [3.8, 4) is 0 Å². The molecule has 0 atom stereocenters. The van der Waals surface area contributed by atoms with E-state index in [2.05, 4.69) is 5.32 Å². The lowest BCUT2D eigenvalue weighted by atomic mass is 10.1. The maximum atomic E-state index is 13.6. The summed E-state index contributed by atoms with van der Waals surface area (Å²) in [6, 6.07) is 8.16. The summed E-state index contributed by atoms with van der Waals surface area (Å²) in [7, 11) is 0. The summed E-state index contributed by atoms with van der Waals surface area (Å²) in [5, 5.41) is 13.9. The summed E-state index contributed by atoms with van der Waals surface area (Å²) in [6.45, 7) is -0.0450. The highest BCUT2D eigenvalue weighted by Gasteiger charge is 2.18. The van der Waals surface area contributed by atoms with Gasteiger partial charge < -0.3 is 5.32 Å². The first-order chi connectivity index (χ1) is 9.49. The highest BCUT2D eigenvalue weighted by Crippen LogP contribution is 2.24. The van der Waals surface area contributed by atoms with Gasteiger partial charge in [-0.05, 0) is 12.1 Å². The van der Waals surface area contributed by atoms with Gasteiger partial charge in [-0.25, -0.2) is 4.39 Å². The highest BCUT2D eigenvalue weighted by molar-refractivity contribution is 6.33. The smallest absolute Gasteiger partial charge is 0.305 e. The van der Waals surface area contributed by atoms with Crippen LogP contribution >= 0.6 is 11.6 Å². The van der Waals surface area contributed by atoms with E-state index >= 15 is 0 Å². The Bertz CT molecular complexity index is 665. The third kappa shape index (κ3) is 3.03. The Hall–Kier alpha value is -2.21. The number of hydrogen-bond acceptors (Lipinski definition) is 3. The van der Waals surface area contributed by atoms with Crippen LogP contribution in [0.25, 0.3) is 0 Å². The molecule has 4 nitrogen and oxygen atoms in total. The number of para-hydroxylation sites is 1. The lowest BCUT2D eigenvalue weighted by molar-refractivity contribution is -0.387. The van der Waals surface area contributed by atoms with Crippen molar-refractivity contribution in [1.29, 1.82) is 0 Å². The predicted molar refractivity (Wildman–Crippen MR) is 71.8 cm³/mol. The maximum Gasteiger partial charge on any atom is 0.305 e. The average Bonchev–Trinajstić information content (AvgIpc) is 2.39. The van der Waals surface area contributed by atoms with E-state index in [-0.39, 0.29) is 12.1 Å². The molecular weight excluding hydrogens is 290 g/mol. The number of benzene rings is 2. The zero-order chi connectivity index (χ0) is 14.7. The second kappa shape index (κ2) is 5.83. The fourth-order valence-electron chi connectivity index (χ4n) is 1.65. The molecule has 0 bridgehead atoms. The van der Waals surface area contributed by atoms with Gasteiger partial charge in [-0.15, -0.1) is 0 Å². The Labute approximate surface area is 118 Å². The summed E-state index contributed by atoms with van der Waals surface area (Å²) < 4.78 is 26.7. The van der Waals surface area contributed by atoms with Gasteiger partial charge in [0.15, 0.2) is 0 Å². The van der Waals surface area contributed by atoms with Crippen molar-refractivity contribution in [1.82, 2.24) is 0 Å². The van der Waals surface area contributed by atoms with Crippen molar-refractivity contribution in [3.05, 3.63) is 68.7 Å². The van der Waals surface area contributed by atoms with E-state index in [9.17, 15) is 18.9 Å². The van der Waals surface area contributed by atoms with Crippen LogP contribution in [0, 0.1) is 21.7 Å². The molecule has 0 heterocycles. The van der Waals surface area contributed by atoms with Gasteiger partial charge >= 0.3 is 5.69 Å². The van der Waals surface area contributed by atoms with E-state index in [0.717, 1.165) is 6.07 Å². The molecule has 0 saturated heterocycles. The molecule has 0 aliphatic rings. The molecule has 104 valence electrons. The van der Waals surface area contributed by atoms with Gasteiger partial charge in [-0.1, -0.05) is 23.7 Å². The first-order valence-corrected chi connectivity index (χ1v) is 5.97. The number of rotatable bonds is 4. The molecule has 0 unspecified atom stereocenters. The van der Waals surface area contributed by atoms with E-state index in [1.807, 2.05) is 0 Å². The number of hydrogen-bond donors (Lipinski definition) is 1. The van der Waals surface area contributed by atoms with E-state index < -0.39 is 22.2 Å². The van der Waals surface area contributed by atoms with Gasteiger partial charge in [0.05, 0.1) is 15.6 Å². The number of nitro groups is 1. The fourth-order valence-corrected chi connectivity index (χ4v) is 1.85. The third-order valence-corrected chi connectivity index (χ3v) is 2.99. The Balaban J connectivity index is 2.24. The largest absolute Gasteiger partial charge is 0.380 e. The van der Waals surface area contributed by atoms with Crippen LogP contribution in [0.15, 0.2) is 36.4 Å². The van der Waals surface area contributed by atoms with Crippen LogP contribution < -0.4 is 5.32 Å². The van der Waals surface area contributed by atoms with Crippen LogP contribution in [0.4, 0.5) is 20.2 Å². The molecule has 0 aromatic heterocycles. The minimum Gasteiger partial charge on any atom is -0.380 e. The van der Waals surface area contributed by atoms with Crippen LogP contribution in [-0.4, -0.2) is 4.92 Å². The van der Waals surface area contributed by atoms with Gasteiger partial charge in [0.2, 0.25) is 5.82 Å². The molecule has 0 radical (unpaired) electrons. The van der Waals surface area contributed by atoms with E-state index in [1.165, 1.54) is 0 Å². The van der Waals surface area contributed by atoms with Crippen molar-refractivity contribution >= 4 is 23.0 Å². The third-order valence-electron chi connectivity index (χ3n) is 2.66. The fraction of sp³-hybridized carbons (Fsp3) is 0.0769. The van der Waals surface area contributed by atoms with Gasteiger partial charge in [0.1, 0.15) is 5.82 Å². The van der Waals surface area contributed by atoms with Crippen LogP contribution in [0.1, 0.15) is 5.56 Å². The van der Waals surface area contributed by atoms with Gasteiger partial charge in [0.25, 0.3) is 0 Å². The topological polar surface area (TPSA) is 55.2 Å². The highest BCUT2D eigenvalue weighted by atomic mass is 35.5. The maximum absolute atomic E-state index is 13.6. The van der Waals surface area contributed by atoms with Crippen molar-refractivity contribution < 1.29 is 13.7 Å². The van der Waals surface area contributed by atoms with Crippen molar-refractivity contribution in [2.24, 2.45) is 0 Å². The molecule has 2 aromatic rings. The van der Waals surface area contributed by atoms with Gasteiger partial charge in [0, 0.05) is 24.2 Å². The Morgan fingerprint density at radius 2 is 1.90 bits per heavy atom. The molecule has 0 saturated carbocycles. The summed E-state index contributed by atoms with van der Waals surface area (Å²) in [5.74, 6) is -2.05. The summed E-state index contributed by atoms with van der Waals surface area (Å²) >= 11 is 5.91. The first kappa shape index (κ1) is 14.2. The number of nitrogens with zero attached hydrogens (tertiary/aromatic N) is 1. The standard InChI is InChI=1S/C13H9ClF2N2O2/c14-9-3-1-2-4-12(9)17-7-8-5-13(18(19)20)11(16)6-10(8)15/h1-6,17H,7H2. The Morgan fingerprint density at radius 1 is 1.20 bits per heavy atom. The molecule has 0 aliphatic heterocycles. The van der Waals surface area contributed by atoms with E-state index in [4.69, 9.17) is 11.6 Å². The second-order valence-electron chi connectivity index (χ2n) is 3.99. The van der Waals surface area contributed by atoms with Crippen LogP contribution in [0.3, 0.4) is 0 Å². The normalized spacial score (nSPS) is 10.3. The molecule has 0 spiro atoms. The molecule has 7 heteroatoms. The number of nitrogens with one attached hydrogen (secondary N) is 1. The number of nitro benzene ring substituents is 1. The zero-order valence-electron chi connectivity index (χ0n) is 10.1. The van der Waals surface area contributed by atoms with Gasteiger partial charge in [-0.3, -0.25) is 10.1 Å². The van der Waals surface area contributed by atoms with Crippen LogP contribution in [0.2, 0.25) is 5.02 Å². The Morgan fingerprint density at radius 3 is 2.55 bits per heavy atom. The number of anilines is 1. The molecule has 2 aromatic carbocycles. The minimum atomic E-state index is -1.20. The summed E-state index contributed by atoms with van der Waals surface area (Å²) in [5.41, 5.74) is -0.221. The molecule has 0 aliphatic carbocycles. The molecule has 20 heavy (non-hydrogen) atoms. The average molecular weight is 299 g/mol. The van der Waals surface area contributed by atoms with Crippen molar-refractivity contribution in [2.75, 3.05) is 5.32 Å². The summed E-state index contributed by atoms with van der Waals surface area (Å²) in [6.07, 6.45) is 0. The summed E-state index contributed by atoms with van der Waals surface area (Å²) in [4.78, 5) is 9.72. The minimum absolute atomic E-state index is 0.0157. The molecule has 1 N–H and O–H groups in total. The predicted octanol–water partition coefficient (Wildman–Crippen LogP) is 4.14. The zero-order valence-corrected chi connectivity index (χ0v) is 10.8. The lowest BCUT2D eigenvalue weighted by Gasteiger charge is -2.09. The monoisotopic (exact) mass is 298 g/mol. The number of halogens is 3. The Kier molecular flexibility index (Phi) is 4.14. The first-order valence-electron chi connectivity index (χ1n) is 5.59.